The molecule has 18 heavy (non-hydrogen) atoms. The standard InChI is InChI=1S/C15H21NO2/c17-15-6-2-1-4-12-10-16(11-14(12)15)8-7-13-5-3-9-18-13/h10-11,13H,1-9H2. The molecule has 1 saturated heterocycles. The van der Waals surface area contributed by atoms with Crippen molar-refractivity contribution < 1.29 is 9.53 Å². The summed E-state index contributed by atoms with van der Waals surface area (Å²) >= 11 is 0. The molecule has 2 aliphatic rings. The van der Waals surface area contributed by atoms with Gasteiger partial charge in [0.05, 0.1) is 6.10 Å². The van der Waals surface area contributed by atoms with Crippen LogP contribution in [0.5, 0.6) is 0 Å². The van der Waals surface area contributed by atoms with Gasteiger partial charge in [-0.1, -0.05) is 0 Å². The van der Waals surface area contributed by atoms with Crippen LogP contribution in [0.15, 0.2) is 12.4 Å². The van der Waals surface area contributed by atoms with Crippen LogP contribution in [0.25, 0.3) is 0 Å². The van der Waals surface area contributed by atoms with E-state index in [1.165, 1.54) is 18.4 Å². The fourth-order valence-corrected chi connectivity index (χ4v) is 3.04. The molecule has 98 valence electrons. The second-order valence-corrected chi connectivity index (χ2v) is 5.49. The minimum absolute atomic E-state index is 0.332. The lowest BCUT2D eigenvalue weighted by Gasteiger charge is -2.09. The van der Waals surface area contributed by atoms with Gasteiger partial charge in [0.25, 0.3) is 0 Å². The lowest BCUT2D eigenvalue weighted by molar-refractivity contribution is 0.0981. The van der Waals surface area contributed by atoms with Gasteiger partial charge in [0.2, 0.25) is 0 Å². The average molecular weight is 247 g/mol. The van der Waals surface area contributed by atoms with Gasteiger partial charge in [-0.25, -0.2) is 0 Å². The third-order valence-corrected chi connectivity index (χ3v) is 4.10. The molecule has 1 atom stereocenters. The van der Waals surface area contributed by atoms with E-state index in [1.807, 2.05) is 0 Å². The van der Waals surface area contributed by atoms with Gasteiger partial charge in [-0.2, -0.15) is 0 Å². The third-order valence-electron chi connectivity index (χ3n) is 4.10. The van der Waals surface area contributed by atoms with E-state index in [0.29, 0.717) is 11.9 Å². The Morgan fingerprint density at radius 3 is 2.94 bits per heavy atom. The van der Waals surface area contributed by atoms with Crippen LogP contribution in [-0.2, 0) is 17.7 Å². The van der Waals surface area contributed by atoms with Crippen molar-refractivity contribution >= 4 is 5.78 Å². The van der Waals surface area contributed by atoms with E-state index < -0.39 is 0 Å². The Labute approximate surface area is 108 Å². The molecule has 0 saturated carbocycles. The predicted octanol–water partition coefficient (Wildman–Crippen LogP) is 2.97. The summed E-state index contributed by atoms with van der Waals surface area (Å²) in [5.74, 6) is 0.332. The SMILES string of the molecule is O=C1CCCCc2cn(CCC3CCCO3)cc21. The minimum atomic E-state index is 0.332. The Balaban J connectivity index is 1.66. The number of aromatic nitrogens is 1. The van der Waals surface area contributed by atoms with Gasteiger partial charge >= 0.3 is 0 Å². The van der Waals surface area contributed by atoms with Gasteiger partial charge in [0.15, 0.2) is 5.78 Å². The smallest absolute Gasteiger partial charge is 0.164 e. The molecule has 1 aromatic rings. The average Bonchev–Trinajstić information content (AvgIpc) is 2.98. The number of rotatable bonds is 3. The first-order valence-electron chi connectivity index (χ1n) is 7.16. The molecule has 3 heteroatoms. The first kappa shape index (κ1) is 12.0. The lowest BCUT2D eigenvalue weighted by atomic mass is 10.1. The molecule has 0 amide bonds. The van der Waals surface area contributed by atoms with Gasteiger partial charge in [-0.3, -0.25) is 4.79 Å². The number of carbonyl (C=O) groups is 1. The third kappa shape index (κ3) is 2.51. The van der Waals surface area contributed by atoms with Crippen molar-refractivity contribution in [2.75, 3.05) is 6.61 Å². The van der Waals surface area contributed by atoms with Crippen LogP contribution in [-0.4, -0.2) is 23.1 Å². The summed E-state index contributed by atoms with van der Waals surface area (Å²) in [5, 5.41) is 0. The molecule has 1 fully saturated rings. The second-order valence-electron chi connectivity index (χ2n) is 5.49. The Bertz CT molecular complexity index is 430. The van der Waals surface area contributed by atoms with Crippen LogP contribution in [0, 0.1) is 0 Å². The van der Waals surface area contributed by atoms with Crippen LogP contribution in [0.4, 0.5) is 0 Å². The summed E-state index contributed by atoms with van der Waals surface area (Å²) in [6.07, 6.45) is 12.1. The molecule has 1 unspecified atom stereocenters. The van der Waals surface area contributed by atoms with Crippen molar-refractivity contribution in [2.45, 2.75) is 57.6 Å². The summed E-state index contributed by atoms with van der Waals surface area (Å²) in [4.78, 5) is 11.9. The fourth-order valence-electron chi connectivity index (χ4n) is 3.04. The molecule has 1 aliphatic heterocycles. The number of hydrogen-bond acceptors (Lipinski definition) is 2. The van der Waals surface area contributed by atoms with Crippen molar-refractivity contribution in [1.82, 2.24) is 4.57 Å². The van der Waals surface area contributed by atoms with Gasteiger partial charge < -0.3 is 9.30 Å². The van der Waals surface area contributed by atoms with Crippen LogP contribution in [0.2, 0.25) is 0 Å². The Hall–Kier alpha value is -1.09. The number of hydrogen-bond donors (Lipinski definition) is 0. The number of carbonyl (C=O) groups excluding carboxylic acids is 1. The molecule has 0 radical (unpaired) electrons. The van der Waals surface area contributed by atoms with Gasteiger partial charge in [-0.15, -0.1) is 0 Å². The number of fused-ring (bicyclic) bond motifs is 1. The first-order valence-corrected chi connectivity index (χ1v) is 7.16. The summed E-state index contributed by atoms with van der Waals surface area (Å²) in [7, 11) is 0. The van der Waals surface area contributed by atoms with Crippen LogP contribution in [0.1, 0.15) is 54.4 Å². The highest BCUT2D eigenvalue weighted by Gasteiger charge is 2.19. The number of ether oxygens (including phenoxy) is 1. The zero-order valence-corrected chi connectivity index (χ0v) is 10.9. The zero-order chi connectivity index (χ0) is 12.4. The largest absolute Gasteiger partial charge is 0.378 e. The van der Waals surface area contributed by atoms with Crippen LogP contribution in [0.3, 0.4) is 0 Å². The van der Waals surface area contributed by atoms with Crippen molar-refractivity contribution in [3.63, 3.8) is 0 Å². The highest BCUT2D eigenvalue weighted by Crippen LogP contribution is 2.22. The van der Waals surface area contributed by atoms with E-state index in [4.69, 9.17) is 4.74 Å². The Kier molecular flexibility index (Phi) is 3.50. The van der Waals surface area contributed by atoms with Crippen LogP contribution >= 0.6 is 0 Å². The number of Topliss-reactive ketones (excluding diaryl/α,β-unsaturated/α-hetero) is 1. The molecule has 3 rings (SSSR count). The highest BCUT2D eigenvalue weighted by atomic mass is 16.5. The predicted molar refractivity (Wildman–Crippen MR) is 69.9 cm³/mol. The maximum absolute atomic E-state index is 11.9. The van der Waals surface area contributed by atoms with Crippen molar-refractivity contribution in [3.8, 4) is 0 Å². The lowest BCUT2D eigenvalue weighted by Crippen LogP contribution is -2.09. The highest BCUT2D eigenvalue weighted by molar-refractivity contribution is 5.97. The maximum Gasteiger partial charge on any atom is 0.164 e. The molecule has 0 spiro atoms. The molecule has 0 aromatic carbocycles. The topological polar surface area (TPSA) is 31.2 Å². The molecule has 3 nitrogen and oxygen atoms in total. The number of nitrogens with zero attached hydrogens (tertiary/aromatic N) is 1. The fraction of sp³-hybridized carbons (Fsp3) is 0.667. The Morgan fingerprint density at radius 1 is 1.22 bits per heavy atom. The quantitative estimate of drug-likeness (QED) is 0.769. The van der Waals surface area contributed by atoms with E-state index in [1.54, 1.807) is 0 Å². The maximum atomic E-state index is 11.9. The molecular weight excluding hydrogens is 226 g/mol. The van der Waals surface area contributed by atoms with Crippen LogP contribution < -0.4 is 0 Å². The van der Waals surface area contributed by atoms with Crippen molar-refractivity contribution in [3.05, 3.63) is 23.5 Å². The van der Waals surface area contributed by atoms with E-state index >= 15 is 0 Å². The monoisotopic (exact) mass is 247 g/mol. The summed E-state index contributed by atoms with van der Waals surface area (Å²) < 4.78 is 7.83. The van der Waals surface area contributed by atoms with E-state index in [9.17, 15) is 4.79 Å². The molecule has 2 heterocycles. The van der Waals surface area contributed by atoms with E-state index in [0.717, 1.165) is 50.8 Å². The summed E-state index contributed by atoms with van der Waals surface area (Å²) in [5.41, 5.74) is 2.23. The summed E-state index contributed by atoms with van der Waals surface area (Å²) in [6, 6.07) is 0. The van der Waals surface area contributed by atoms with E-state index in [-0.39, 0.29) is 0 Å². The van der Waals surface area contributed by atoms with Crippen molar-refractivity contribution in [1.29, 1.82) is 0 Å². The molecule has 0 N–H and O–H groups in total. The Morgan fingerprint density at radius 2 is 2.11 bits per heavy atom. The summed E-state index contributed by atoms with van der Waals surface area (Å²) in [6.45, 7) is 1.90. The number of aryl methyl sites for hydroxylation is 2. The molecule has 1 aliphatic carbocycles. The first-order chi connectivity index (χ1) is 8.83. The zero-order valence-electron chi connectivity index (χ0n) is 10.9. The second kappa shape index (κ2) is 5.27. The van der Waals surface area contributed by atoms with E-state index in [2.05, 4.69) is 17.0 Å². The van der Waals surface area contributed by atoms with Gasteiger partial charge in [-0.05, 0) is 44.1 Å². The number of ketones is 1. The van der Waals surface area contributed by atoms with Gasteiger partial charge in [0.1, 0.15) is 0 Å². The minimum Gasteiger partial charge on any atom is -0.378 e. The molecule has 1 aromatic heterocycles. The molecule has 0 bridgehead atoms. The van der Waals surface area contributed by atoms with Gasteiger partial charge in [0, 0.05) is 37.5 Å². The van der Waals surface area contributed by atoms with Crippen molar-refractivity contribution in [2.24, 2.45) is 0 Å². The molecular formula is C15H21NO2. The normalized spacial score (nSPS) is 24.0.